The van der Waals surface area contributed by atoms with Crippen LogP contribution in [-0.4, -0.2) is 35.5 Å². The minimum atomic E-state index is -0.473. The van der Waals surface area contributed by atoms with E-state index in [9.17, 15) is 5.11 Å². The summed E-state index contributed by atoms with van der Waals surface area (Å²) in [7, 11) is 0. The summed E-state index contributed by atoms with van der Waals surface area (Å²) in [6, 6.07) is 1.68. The molecule has 4 nitrogen and oxygen atoms in total. The minimum Gasteiger partial charge on any atom is -0.388 e. The highest BCUT2D eigenvalue weighted by Crippen LogP contribution is 2.21. The number of nitrogens with one attached hydrogen (secondary N) is 1. The Morgan fingerprint density at radius 3 is 3.07 bits per heavy atom. The van der Waals surface area contributed by atoms with Gasteiger partial charge in [-0.3, -0.25) is 4.98 Å². The Balaban J connectivity index is 2.07. The van der Waals surface area contributed by atoms with E-state index in [4.69, 9.17) is 16.3 Å². The van der Waals surface area contributed by atoms with E-state index in [1.54, 1.807) is 18.5 Å². The summed E-state index contributed by atoms with van der Waals surface area (Å²) in [5.41, 5.74) is 0.774. The summed E-state index contributed by atoms with van der Waals surface area (Å²) in [6.45, 7) is 0.875. The molecule has 0 aromatic carbocycles. The molecule has 1 fully saturated rings. The second kappa shape index (κ2) is 4.13. The molecule has 0 radical (unpaired) electrons. The average molecular weight is 215 g/mol. The molecule has 2 heterocycles. The number of halogens is 1. The normalized spacial score (nSPS) is 26.4. The van der Waals surface area contributed by atoms with E-state index in [0.29, 0.717) is 18.2 Å². The molecule has 2 rings (SSSR count). The van der Waals surface area contributed by atoms with E-state index in [2.05, 4.69) is 10.3 Å². The lowest BCUT2D eigenvalue weighted by Gasteiger charge is -2.16. The van der Waals surface area contributed by atoms with Crippen molar-refractivity contribution in [3.63, 3.8) is 0 Å². The highest BCUT2D eigenvalue weighted by Gasteiger charge is 2.26. The van der Waals surface area contributed by atoms with Gasteiger partial charge in [0.2, 0.25) is 0 Å². The third-order valence-electron chi connectivity index (χ3n) is 2.16. The lowest BCUT2D eigenvalue weighted by molar-refractivity contribution is 0.125. The Labute approximate surface area is 86.9 Å². The fourth-order valence-electron chi connectivity index (χ4n) is 1.37. The van der Waals surface area contributed by atoms with Crippen LogP contribution >= 0.6 is 11.6 Å². The zero-order valence-electron chi connectivity index (χ0n) is 7.48. The Morgan fingerprint density at radius 2 is 2.43 bits per heavy atom. The van der Waals surface area contributed by atoms with Gasteiger partial charge >= 0.3 is 0 Å². The molecule has 1 aliphatic heterocycles. The lowest BCUT2D eigenvalue weighted by atomic mass is 10.2. The Bertz CT molecular complexity index is 321. The van der Waals surface area contributed by atoms with E-state index in [1.807, 2.05) is 0 Å². The highest BCUT2D eigenvalue weighted by molar-refractivity contribution is 6.33. The summed E-state index contributed by atoms with van der Waals surface area (Å²) in [4.78, 5) is 3.87. The SMILES string of the molecule is O[C@@H]1COC[C@H]1Nc1ccncc1Cl. The number of hydrogen-bond acceptors (Lipinski definition) is 4. The van der Waals surface area contributed by atoms with Gasteiger partial charge in [-0.25, -0.2) is 0 Å². The van der Waals surface area contributed by atoms with Crippen LogP contribution in [0, 0.1) is 0 Å². The summed E-state index contributed by atoms with van der Waals surface area (Å²) < 4.78 is 5.11. The van der Waals surface area contributed by atoms with Crippen molar-refractivity contribution in [2.75, 3.05) is 18.5 Å². The molecule has 14 heavy (non-hydrogen) atoms. The number of aliphatic hydroxyl groups excluding tert-OH is 1. The number of nitrogens with zero attached hydrogens (tertiary/aromatic N) is 1. The number of aromatic nitrogens is 1. The first kappa shape index (κ1) is 9.71. The molecule has 2 atom stereocenters. The van der Waals surface area contributed by atoms with Crippen LogP contribution in [0.25, 0.3) is 0 Å². The Kier molecular flexibility index (Phi) is 2.86. The standard InChI is InChI=1S/C9H11ClN2O2/c10-6-3-11-2-1-7(6)12-8-4-14-5-9(8)13/h1-3,8-9,13H,4-5H2,(H,11,12)/t8-,9-/m1/s1. The monoisotopic (exact) mass is 214 g/mol. The minimum absolute atomic E-state index is 0.0881. The summed E-state index contributed by atoms with van der Waals surface area (Å²) >= 11 is 5.90. The number of anilines is 1. The quantitative estimate of drug-likeness (QED) is 0.769. The topological polar surface area (TPSA) is 54.4 Å². The Hall–Kier alpha value is -0.840. The first-order chi connectivity index (χ1) is 6.77. The van der Waals surface area contributed by atoms with Gasteiger partial charge in [-0.15, -0.1) is 0 Å². The van der Waals surface area contributed by atoms with Gasteiger partial charge in [0.05, 0.1) is 36.1 Å². The van der Waals surface area contributed by atoms with Crippen molar-refractivity contribution in [1.29, 1.82) is 0 Å². The van der Waals surface area contributed by atoms with Crippen molar-refractivity contribution in [1.82, 2.24) is 4.98 Å². The Morgan fingerprint density at radius 1 is 1.57 bits per heavy atom. The fourth-order valence-corrected chi connectivity index (χ4v) is 1.55. The second-order valence-corrected chi connectivity index (χ2v) is 3.62. The van der Waals surface area contributed by atoms with E-state index >= 15 is 0 Å². The van der Waals surface area contributed by atoms with Crippen LogP contribution in [0.4, 0.5) is 5.69 Å². The predicted molar refractivity (Wildman–Crippen MR) is 53.5 cm³/mol. The van der Waals surface area contributed by atoms with Gasteiger partial charge in [-0.2, -0.15) is 0 Å². The average Bonchev–Trinajstić information content (AvgIpc) is 2.56. The summed E-state index contributed by atoms with van der Waals surface area (Å²) in [5, 5.41) is 13.2. The van der Waals surface area contributed by atoms with Crippen LogP contribution < -0.4 is 5.32 Å². The number of pyridine rings is 1. The number of ether oxygens (including phenoxy) is 1. The molecule has 5 heteroatoms. The zero-order valence-corrected chi connectivity index (χ0v) is 8.24. The van der Waals surface area contributed by atoms with Gasteiger partial charge in [0.25, 0.3) is 0 Å². The van der Waals surface area contributed by atoms with Crippen LogP contribution in [0.1, 0.15) is 0 Å². The summed E-state index contributed by atoms with van der Waals surface area (Å²) in [5.74, 6) is 0. The van der Waals surface area contributed by atoms with Crippen molar-refractivity contribution >= 4 is 17.3 Å². The summed E-state index contributed by atoms with van der Waals surface area (Å²) in [6.07, 6.45) is 2.74. The number of rotatable bonds is 2. The van der Waals surface area contributed by atoms with Crippen molar-refractivity contribution in [2.24, 2.45) is 0 Å². The number of aliphatic hydroxyl groups is 1. The molecule has 0 unspecified atom stereocenters. The maximum Gasteiger partial charge on any atom is 0.0996 e. The van der Waals surface area contributed by atoms with Crippen LogP contribution in [0.5, 0.6) is 0 Å². The van der Waals surface area contributed by atoms with Crippen molar-refractivity contribution in [3.05, 3.63) is 23.5 Å². The maximum atomic E-state index is 9.49. The number of hydrogen-bond donors (Lipinski definition) is 2. The van der Waals surface area contributed by atoms with Gasteiger partial charge in [-0.05, 0) is 6.07 Å². The molecular formula is C9H11ClN2O2. The van der Waals surface area contributed by atoms with Gasteiger partial charge in [0, 0.05) is 12.4 Å². The first-order valence-corrected chi connectivity index (χ1v) is 4.77. The molecule has 0 saturated carbocycles. The van der Waals surface area contributed by atoms with E-state index in [-0.39, 0.29) is 6.04 Å². The molecule has 0 aliphatic carbocycles. The molecule has 2 N–H and O–H groups in total. The van der Waals surface area contributed by atoms with Crippen LogP contribution in [-0.2, 0) is 4.74 Å². The third kappa shape index (κ3) is 1.97. The molecule has 1 saturated heterocycles. The van der Waals surface area contributed by atoms with Gasteiger partial charge in [0.1, 0.15) is 0 Å². The molecule has 1 aromatic rings. The van der Waals surface area contributed by atoms with Crippen molar-refractivity contribution in [3.8, 4) is 0 Å². The van der Waals surface area contributed by atoms with Gasteiger partial charge in [0.15, 0.2) is 0 Å². The van der Waals surface area contributed by atoms with Crippen LogP contribution in [0.2, 0.25) is 5.02 Å². The van der Waals surface area contributed by atoms with Gasteiger partial charge < -0.3 is 15.2 Å². The maximum absolute atomic E-state index is 9.49. The molecule has 1 aromatic heterocycles. The fraction of sp³-hybridized carbons (Fsp3) is 0.444. The smallest absolute Gasteiger partial charge is 0.0996 e. The molecule has 0 spiro atoms. The van der Waals surface area contributed by atoms with Crippen LogP contribution in [0.15, 0.2) is 18.5 Å². The van der Waals surface area contributed by atoms with E-state index in [1.165, 1.54) is 0 Å². The van der Waals surface area contributed by atoms with Crippen molar-refractivity contribution < 1.29 is 9.84 Å². The van der Waals surface area contributed by atoms with Crippen LogP contribution in [0.3, 0.4) is 0 Å². The molecule has 76 valence electrons. The highest BCUT2D eigenvalue weighted by atomic mass is 35.5. The molecular weight excluding hydrogens is 204 g/mol. The third-order valence-corrected chi connectivity index (χ3v) is 2.47. The largest absolute Gasteiger partial charge is 0.388 e. The zero-order chi connectivity index (χ0) is 9.97. The molecule has 0 amide bonds. The lowest BCUT2D eigenvalue weighted by Crippen LogP contribution is -2.31. The first-order valence-electron chi connectivity index (χ1n) is 4.39. The van der Waals surface area contributed by atoms with E-state index < -0.39 is 6.10 Å². The van der Waals surface area contributed by atoms with Gasteiger partial charge in [-0.1, -0.05) is 11.6 Å². The van der Waals surface area contributed by atoms with Crippen molar-refractivity contribution in [2.45, 2.75) is 12.1 Å². The second-order valence-electron chi connectivity index (χ2n) is 3.21. The molecule has 0 bridgehead atoms. The predicted octanol–water partition coefficient (Wildman–Crippen LogP) is 0.907. The van der Waals surface area contributed by atoms with E-state index in [0.717, 1.165) is 5.69 Å². The molecule has 1 aliphatic rings.